The van der Waals surface area contributed by atoms with Gasteiger partial charge in [-0.2, -0.15) is 0 Å². The minimum atomic E-state index is 0. The quantitative estimate of drug-likeness (QED) is 0.444. The summed E-state index contributed by atoms with van der Waals surface area (Å²) in [5.74, 6) is 0. The van der Waals surface area contributed by atoms with E-state index in [9.17, 15) is 0 Å². The van der Waals surface area contributed by atoms with Gasteiger partial charge >= 0.3 is 17.4 Å². The van der Waals surface area contributed by atoms with Crippen molar-refractivity contribution in [2.24, 2.45) is 17.2 Å². The molecule has 0 atom stereocenters. The van der Waals surface area contributed by atoms with Crippen LogP contribution in [0.5, 0.6) is 0 Å². The maximum atomic E-state index is 8.92. The second-order valence-corrected chi connectivity index (χ2v) is 1.05. The predicted octanol–water partition coefficient (Wildman–Crippen LogP) is -2.84. The van der Waals surface area contributed by atoms with Crippen LogP contribution >= 0.6 is 0 Å². The maximum absolute atomic E-state index is 8.92. The van der Waals surface area contributed by atoms with E-state index in [0.29, 0.717) is 0 Å². The van der Waals surface area contributed by atoms with Crippen molar-refractivity contribution >= 4 is 18.9 Å². The van der Waals surface area contributed by atoms with Crippen LogP contribution in [-0.4, -0.2) is 38.5 Å². The first kappa shape index (κ1) is 22.8. The van der Waals surface area contributed by atoms with Crippen LogP contribution in [0.25, 0.3) is 0 Å². The minimum absolute atomic E-state index is 0. The average Bonchev–Trinajstić information content (AvgIpc) is 2.18. The first-order valence-electron chi connectivity index (χ1n) is 2.90. The molecule has 7 heteroatoms. The Balaban J connectivity index is -0.0000000450. The zero-order valence-corrected chi connectivity index (χ0v) is 8.26. The molecule has 0 aliphatic carbocycles. The molecule has 0 fully saturated rings. The van der Waals surface area contributed by atoms with Crippen molar-refractivity contribution in [3.8, 4) is 0 Å². The van der Waals surface area contributed by atoms with Gasteiger partial charge in [-0.05, 0) is 0 Å². The van der Waals surface area contributed by atoms with Crippen LogP contribution in [0.3, 0.4) is 0 Å². The molecule has 0 aliphatic rings. The molecule has 0 aliphatic heterocycles. The van der Waals surface area contributed by atoms with E-state index >= 15 is 0 Å². The van der Waals surface area contributed by atoms with Gasteiger partial charge in [0.1, 0.15) is 0 Å². The van der Waals surface area contributed by atoms with Gasteiger partial charge in [-0.1, -0.05) is 0 Å². The summed E-state index contributed by atoms with van der Waals surface area (Å²) in [4.78, 5) is 26.8. The molecule has 0 rings (SSSR count). The van der Waals surface area contributed by atoms with Crippen molar-refractivity contribution in [2.75, 3.05) is 19.6 Å². The molecule has 6 nitrogen and oxygen atoms in total. The molecule has 0 bridgehead atoms. The second kappa shape index (κ2) is 42.2. The van der Waals surface area contributed by atoms with E-state index in [-0.39, 0.29) is 37.0 Å². The van der Waals surface area contributed by atoms with E-state index in [0.717, 1.165) is 0 Å². The van der Waals surface area contributed by atoms with Gasteiger partial charge in [0.2, 0.25) is 0 Å². The average molecular weight is 226 g/mol. The smallest absolute Gasteiger partial charge is 0.541 e. The van der Waals surface area contributed by atoms with Gasteiger partial charge in [0.25, 0.3) is 0 Å². The largest absolute Gasteiger partial charge is 3.00 e. The molecule has 6 N–H and O–H groups in total. The van der Waals surface area contributed by atoms with Gasteiger partial charge in [-0.3, -0.25) is 18.9 Å². The zero-order chi connectivity index (χ0) is 10.2. The van der Waals surface area contributed by atoms with E-state index in [2.05, 4.69) is 17.2 Å². The van der Waals surface area contributed by atoms with E-state index in [1.165, 1.54) is 18.9 Å². The van der Waals surface area contributed by atoms with Gasteiger partial charge in [0.15, 0.2) is 0 Å². The van der Waals surface area contributed by atoms with E-state index in [4.69, 9.17) is 14.4 Å². The van der Waals surface area contributed by atoms with Crippen LogP contribution in [0.1, 0.15) is 0 Å². The molecule has 0 aromatic rings. The molecule has 0 heterocycles. The van der Waals surface area contributed by atoms with Crippen molar-refractivity contribution in [1.82, 2.24) is 0 Å². The predicted molar refractivity (Wildman–Crippen MR) is 44.2 cm³/mol. The normalized spacial score (nSPS) is 5.77. The van der Waals surface area contributed by atoms with Crippen molar-refractivity contribution in [1.29, 1.82) is 0 Å². The van der Waals surface area contributed by atoms with E-state index < -0.39 is 0 Å². The third-order valence-electron chi connectivity index (χ3n) is 0.250. The van der Waals surface area contributed by atoms with Crippen molar-refractivity contribution in [3.05, 3.63) is 0 Å². The molecular weight excluding hydrogens is 214 g/mol. The van der Waals surface area contributed by atoms with Crippen LogP contribution in [0.4, 0.5) is 0 Å². The minimum Gasteiger partial charge on any atom is -0.541 e. The zero-order valence-electron chi connectivity index (χ0n) is 6.99. The maximum Gasteiger partial charge on any atom is 3.00 e. The third kappa shape index (κ3) is 173. The summed E-state index contributed by atoms with van der Waals surface area (Å²) in [6.07, 6.45) is 4.38. The Kier molecular flexibility index (Phi) is 74.2. The van der Waals surface area contributed by atoms with Gasteiger partial charge in [-0.15, -0.1) is 19.6 Å². The van der Waals surface area contributed by atoms with Crippen molar-refractivity contribution < 1.29 is 31.7 Å². The summed E-state index contributed by atoms with van der Waals surface area (Å²) < 4.78 is 0. The van der Waals surface area contributed by atoms with E-state index in [1.807, 2.05) is 0 Å². The molecule has 13 heavy (non-hydrogen) atoms. The van der Waals surface area contributed by atoms with Gasteiger partial charge in [0, 0.05) is 0 Å². The van der Waals surface area contributed by atoms with E-state index in [1.54, 1.807) is 0 Å². The summed E-state index contributed by atoms with van der Waals surface area (Å²) in [7, 11) is 0. The topological polar surface area (TPSA) is 129 Å². The first-order chi connectivity index (χ1) is 5.74. The van der Waals surface area contributed by atoms with Gasteiger partial charge in [0.05, 0.1) is 0 Å². The van der Waals surface area contributed by atoms with Crippen LogP contribution in [-0.2, 0) is 31.7 Å². The molecular formula is C6H12CrN3O3. The van der Waals surface area contributed by atoms with Crippen LogP contribution in [0.2, 0.25) is 0 Å². The Morgan fingerprint density at radius 2 is 0.769 bits per heavy atom. The summed E-state index contributed by atoms with van der Waals surface area (Å²) in [6.45, 7) is 0.0417. The summed E-state index contributed by atoms with van der Waals surface area (Å²) in [5.41, 5.74) is 13.8. The molecule has 1 radical (unpaired) electrons. The van der Waals surface area contributed by atoms with Crippen LogP contribution in [0, 0.1) is 0 Å². The fourth-order valence-corrected chi connectivity index (χ4v) is 0. The SMILES string of the molecule is NC[C-]=O.NC[C-]=O.NC[C-]=O.[Cr+3]. The van der Waals surface area contributed by atoms with Gasteiger partial charge < -0.3 is 31.6 Å². The van der Waals surface area contributed by atoms with Crippen molar-refractivity contribution in [3.63, 3.8) is 0 Å². The molecule has 0 aromatic carbocycles. The second-order valence-electron chi connectivity index (χ2n) is 1.05. The number of carbonyl (C=O) groups excluding carboxylic acids is 3. The fourth-order valence-electron chi connectivity index (χ4n) is 0. The Morgan fingerprint density at radius 3 is 0.769 bits per heavy atom. The van der Waals surface area contributed by atoms with Crippen LogP contribution in [0.15, 0.2) is 0 Å². The summed E-state index contributed by atoms with van der Waals surface area (Å²) >= 11 is 0. The molecule has 75 valence electrons. The Hall–Kier alpha value is -0.578. The Morgan fingerprint density at radius 1 is 0.692 bits per heavy atom. The number of nitrogens with two attached hydrogens (primary N) is 3. The number of hydrogen-bond donors (Lipinski definition) is 3. The number of hydrogen-bond acceptors (Lipinski definition) is 6. The monoisotopic (exact) mass is 226 g/mol. The molecule has 0 aromatic heterocycles. The number of rotatable bonds is 3. The van der Waals surface area contributed by atoms with Gasteiger partial charge in [-0.25, -0.2) is 0 Å². The summed E-state index contributed by atoms with van der Waals surface area (Å²) in [6, 6.07) is 0. The molecule has 0 spiro atoms. The summed E-state index contributed by atoms with van der Waals surface area (Å²) in [5, 5.41) is 0. The molecule has 0 unspecified atom stereocenters. The Labute approximate surface area is 88.0 Å². The molecule has 0 saturated heterocycles. The Bertz CT molecular complexity index is 84.1. The van der Waals surface area contributed by atoms with Crippen molar-refractivity contribution in [2.45, 2.75) is 0 Å². The fraction of sp³-hybridized carbons (Fsp3) is 0.500. The molecule has 0 amide bonds. The third-order valence-corrected chi connectivity index (χ3v) is 0.250. The first-order valence-corrected chi connectivity index (χ1v) is 2.90. The standard InChI is InChI=1S/3C2H4NO.Cr/c3*3-1-2-4;/h3*1,3H2;/q3*-1;+3. The van der Waals surface area contributed by atoms with Crippen LogP contribution < -0.4 is 17.2 Å². The molecule has 0 saturated carbocycles.